The second-order valence-corrected chi connectivity index (χ2v) is 17.9. The molecule has 59 heavy (non-hydrogen) atoms. The average molecular weight is 816 g/mol. The third kappa shape index (κ3) is 14.0. The molecule has 1 aliphatic heterocycles. The molecule has 2 aromatic carbocycles. The number of para-hydroxylation sites is 1. The molecule has 0 saturated carbocycles. The monoisotopic (exact) mass is 816 g/mol. The molecule has 2 heterocycles. The van der Waals surface area contributed by atoms with Crippen molar-refractivity contribution in [1.29, 1.82) is 0 Å². The first-order valence-corrected chi connectivity index (χ1v) is 22.0. The van der Waals surface area contributed by atoms with Crippen LogP contribution in [-0.2, 0) is 36.9 Å². The lowest BCUT2D eigenvalue weighted by Gasteiger charge is -2.30. The van der Waals surface area contributed by atoms with Gasteiger partial charge in [0.15, 0.2) is 0 Å². The largest absolute Gasteiger partial charge is 0.378 e. The van der Waals surface area contributed by atoms with Crippen molar-refractivity contribution in [3.63, 3.8) is 0 Å². The van der Waals surface area contributed by atoms with E-state index in [1.807, 2.05) is 74.8 Å². The van der Waals surface area contributed by atoms with Crippen LogP contribution in [0.2, 0.25) is 0 Å². The molecule has 12 heteroatoms. The molecule has 0 aliphatic carbocycles. The summed E-state index contributed by atoms with van der Waals surface area (Å²) >= 11 is 0. The highest BCUT2D eigenvalue weighted by Gasteiger charge is 2.31. The van der Waals surface area contributed by atoms with Gasteiger partial charge in [0.05, 0.1) is 43.3 Å². The first-order valence-electron chi connectivity index (χ1n) is 22.0. The quantitative estimate of drug-likeness (QED) is 0.0775. The highest BCUT2D eigenvalue weighted by atomic mass is 16.5. The number of hydrogen-bond donors (Lipinski definition) is 3. The summed E-state index contributed by atoms with van der Waals surface area (Å²) in [5.41, 5.74) is 4.00. The SMILES string of the molecule is CCC(C)NCCOCCn1nnc2c1-c1ccccc1CN(C(=O)CCC(=O)NCCC(C)(C)OCCC(C)(C)C(=O)NC(C)CC(C)C(C)CC)c1ccccc1-2. The summed E-state index contributed by atoms with van der Waals surface area (Å²) in [4.78, 5) is 42.0. The van der Waals surface area contributed by atoms with Crippen molar-refractivity contribution in [1.82, 2.24) is 30.9 Å². The van der Waals surface area contributed by atoms with Gasteiger partial charge in [-0.15, -0.1) is 5.10 Å². The van der Waals surface area contributed by atoms with Crippen molar-refractivity contribution in [2.45, 2.75) is 145 Å². The lowest BCUT2D eigenvalue weighted by Crippen LogP contribution is -2.43. The number of carbonyl (C=O) groups is 3. The van der Waals surface area contributed by atoms with Crippen LogP contribution in [0.25, 0.3) is 22.5 Å². The lowest BCUT2D eigenvalue weighted by molar-refractivity contribution is -0.132. The number of carbonyl (C=O) groups excluding carboxylic acids is 3. The summed E-state index contributed by atoms with van der Waals surface area (Å²) in [5, 5.41) is 18.9. The van der Waals surface area contributed by atoms with Crippen molar-refractivity contribution in [3.8, 4) is 22.5 Å². The molecule has 1 aromatic heterocycles. The van der Waals surface area contributed by atoms with Gasteiger partial charge in [0.1, 0.15) is 5.69 Å². The zero-order chi connectivity index (χ0) is 43.2. The second-order valence-electron chi connectivity index (χ2n) is 17.9. The first kappa shape index (κ1) is 47.5. The van der Waals surface area contributed by atoms with Crippen molar-refractivity contribution >= 4 is 23.4 Å². The molecule has 0 saturated heterocycles. The first-order chi connectivity index (χ1) is 28.1. The Labute approximate surface area is 353 Å². The van der Waals surface area contributed by atoms with Gasteiger partial charge < -0.3 is 30.3 Å². The zero-order valence-corrected chi connectivity index (χ0v) is 37.7. The molecule has 1 aliphatic rings. The maximum absolute atomic E-state index is 14.0. The highest BCUT2D eigenvalue weighted by Crippen LogP contribution is 2.41. The van der Waals surface area contributed by atoms with Gasteiger partial charge in [-0.1, -0.05) is 95.6 Å². The fourth-order valence-corrected chi connectivity index (χ4v) is 7.35. The standard InChI is InChI=1S/C47H73N7O5/c1-11-33(3)34(4)31-36(6)50-45(57)46(7,8)24-28-59-47(9,10)23-25-49-41(55)21-22-42(56)53-32-37-17-13-14-18-38(37)44-43(39-19-15-16-20-40(39)53)51-52-54(44)27-30-58-29-26-48-35(5)12-2/h13-20,33-36,48H,11-12,21-32H2,1-10H3,(H,49,55)(H,50,57). The number of nitrogens with zero attached hydrogens (tertiary/aromatic N) is 4. The number of hydrogen-bond acceptors (Lipinski definition) is 8. The van der Waals surface area contributed by atoms with Gasteiger partial charge in [-0.3, -0.25) is 14.4 Å². The van der Waals surface area contributed by atoms with Gasteiger partial charge in [-0.25, -0.2) is 4.68 Å². The number of nitrogens with one attached hydrogen (secondary N) is 3. The van der Waals surface area contributed by atoms with Crippen LogP contribution in [0.3, 0.4) is 0 Å². The minimum Gasteiger partial charge on any atom is -0.378 e. The fourth-order valence-electron chi connectivity index (χ4n) is 7.35. The van der Waals surface area contributed by atoms with Crippen LogP contribution in [0.1, 0.15) is 120 Å². The number of amides is 3. The van der Waals surface area contributed by atoms with Gasteiger partial charge in [-0.05, 0) is 76.8 Å². The Bertz CT molecular complexity index is 1810. The molecule has 326 valence electrons. The molecular formula is C47H73N7O5. The Morgan fingerprint density at radius 3 is 2.25 bits per heavy atom. The Morgan fingerprint density at radius 1 is 0.814 bits per heavy atom. The Kier molecular flexibility index (Phi) is 18.1. The number of benzene rings is 2. The van der Waals surface area contributed by atoms with E-state index in [0.717, 1.165) is 53.9 Å². The van der Waals surface area contributed by atoms with Crippen molar-refractivity contribution in [3.05, 3.63) is 54.1 Å². The summed E-state index contributed by atoms with van der Waals surface area (Å²) in [5.74, 6) is 0.884. The maximum atomic E-state index is 14.0. The van der Waals surface area contributed by atoms with E-state index in [1.54, 1.807) is 4.90 Å². The molecule has 4 unspecified atom stereocenters. The Hall–Kier alpha value is -4.13. The minimum atomic E-state index is -0.569. The number of anilines is 1. The predicted octanol–water partition coefficient (Wildman–Crippen LogP) is 7.94. The van der Waals surface area contributed by atoms with E-state index >= 15 is 0 Å². The third-order valence-electron chi connectivity index (χ3n) is 12.1. The van der Waals surface area contributed by atoms with Gasteiger partial charge in [-0.2, -0.15) is 0 Å². The molecule has 0 radical (unpaired) electrons. The predicted molar refractivity (Wildman–Crippen MR) is 237 cm³/mol. The van der Waals surface area contributed by atoms with Crippen LogP contribution < -0.4 is 20.9 Å². The molecule has 12 nitrogen and oxygen atoms in total. The number of aromatic nitrogens is 3. The minimum absolute atomic E-state index is 0.0446. The highest BCUT2D eigenvalue weighted by molar-refractivity contribution is 6.01. The normalized spacial score (nSPS) is 14.8. The molecule has 0 fully saturated rings. The van der Waals surface area contributed by atoms with E-state index in [9.17, 15) is 14.4 Å². The lowest BCUT2D eigenvalue weighted by atomic mass is 9.86. The van der Waals surface area contributed by atoms with E-state index in [0.29, 0.717) is 75.9 Å². The molecule has 3 aromatic rings. The van der Waals surface area contributed by atoms with Crippen LogP contribution in [0.5, 0.6) is 0 Å². The van der Waals surface area contributed by atoms with Crippen molar-refractivity contribution in [2.75, 3.05) is 37.8 Å². The van der Waals surface area contributed by atoms with Gasteiger partial charge in [0.25, 0.3) is 0 Å². The summed E-state index contributed by atoms with van der Waals surface area (Å²) in [6.07, 6.45) is 4.45. The molecule has 3 amide bonds. The van der Waals surface area contributed by atoms with Crippen LogP contribution in [-0.4, -0.2) is 83.3 Å². The van der Waals surface area contributed by atoms with Crippen LogP contribution in [0.4, 0.5) is 5.69 Å². The summed E-state index contributed by atoms with van der Waals surface area (Å²) in [6, 6.07) is 16.4. The summed E-state index contributed by atoms with van der Waals surface area (Å²) < 4.78 is 14.1. The molecule has 3 N–H and O–H groups in total. The molecule has 4 atom stereocenters. The van der Waals surface area contributed by atoms with E-state index in [2.05, 4.69) is 73.9 Å². The van der Waals surface area contributed by atoms with Crippen LogP contribution in [0, 0.1) is 17.3 Å². The zero-order valence-electron chi connectivity index (χ0n) is 37.7. The summed E-state index contributed by atoms with van der Waals surface area (Å²) in [7, 11) is 0. The second kappa shape index (κ2) is 22.5. The van der Waals surface area contributed by atoms with Gasteiger partial charge in [0, 0.05) is 61.2 Å². The maximum Gasteiger partial charge on any atom is 0.227 e. The van der Waals surface area contributed by atoms with Crippen LogP contribution >= 0.6 is 0 Å². The smallest absolute Gasteiger partial charge is 0.227 e. The Balaban J connectivity index is 1.29. The Morgan fingerprint density at radius 2 is 1.53 bits per heavy atom. The van der Waals surface area contributed by atoms with Gasteiger partial charge in [0.2, 0.25) is 17.7 Å². The van der Waals surface area contributed by atoms with Gasteiger partial charge >= 0.3 is 0 Å². The van der Waals surface area contributed by atoms with Crippen LogP contribution in [0.15, 0.2) is 48.5 Å². The van der Waals surface area contributed by atoms with E-state index < -0.39 is 11.0 Å². The van der Waals surface area contributed by atoms with E-state index in [-0.39, 0.29) is 36.6 Å². The summed E-state index contributed by atoms with van der Waals surface area (Å²) in [6.45, 7) is 24.7. The number of ether oxygens (including phenoxy) is 2. The third-order valence-corrected chi connectivity index (χ3v) is 12.1. The molecule has 0 bridgehead atoms. The van der Waals surface area contributed by atoms with E-state index in [4.69, 9.17) is 9.47 Å². The average Bonchev–Trinajstić information content (AvgIpc) is 3.61. The molecule has 4 rings (SSSR count). The number of rotatable bonds is 24. The molecular weight excluding hydrogens is 743 g/mol. The van der Waals surface area contributed by atoms with Crippen molar-refractivity contribution < 1.29 is 23.9 Å². The topological polar surface area (TPSA) is 140 Å². The fraction of sp³-hybridized carbons (Fsp3) is 0.638. The molecule has 0 spiro atoms. The van der Waals surface area contributed by atoms with Crippen molar-refractivity contribution in [2.24, 2.45) is 17.3 Å². The van der Waals surface area contributed by atoms with E-state index in [1.165, 1.54) is 0 Å². The number of fused-ring (bicyclic) bond motifs is 5.